The Morgan fingerprint density at radius 3 is 2.79 bits per heavy atom. The average Bonchev–Trinajstić information content (AvgIpc) is 2.63. The van der Waals surface area contributed by atoms with E-state index in [1.165, 1.54) is 6.07 Å². The molecule has 0 spiro atoms. The van der Waals surface area contributed by atoms with Gasteiger partial charge in [0.2, 0.25) is 0 Å². The molecule has 0 amide bonds. The number of rotatable bonds is 4. The largest absolute Gasteiger partial charge is 0.327 e. The van der Waals surface area contributed by atoms with Crippen molar-refractivity contribution in [1.82, 2.24) is 0 Å². The lowest BCUT2D eigenvalue weighted by atomic mass is 9.95. The molecule has 1 fully saturated rings. The molecule has 2 N–H and O–H groups in total. The van der Waals surface area contributed by atoms with Gasteiger partial charge in [-0.25, -0.2) is 12.8 Å². The van der Waals surface area contributed by atoms with E-state index in [1.807, 2.05) is 0 Å². The first-order chi connectivity index (χ1) is 8.85. The molecule has 2 unspecified atom stereocenters. The van der Waals surface area contributed by atoms with Crippen LogP contribution in [0.15, 0.2) is 22.7 Å². The summed E-state index contributed by atoms with van der Waals surface area (Å²) in [7, 11) is -2.84. The summed E-state index contributed by atoms with van der Waals surface area (Å²) in [5, 5.41) is 0. The first-order valence-electron chi connectivity index (χ1n) is 6.25. The minimum Gasteiger partial charge on any atom is -0.327 e. The highest BCUT2D eigenvalue weighted by molar-refractivity contribution is 9.10. The fourth-order valence-electron chi connectivity index (χ4n) is 2.54. The molecular formula is C13H17BrFNO2S. The van der Waals surface area contributed by atoms with Gasteiger partial charge in [-0.15, -0.1) is 0 Å². The van der Waals surface area contributed by atoms with Gasteiger partial charge in [0.1, 0.15) is 5.82 Å². The summed E-state index contributed by atoms with van der Waals surface area (Å²) >= 11 is 3.14. The molecule has 1 saturated heterocycles. The van der Waals surface area contributed by atoms with E-state index in [4.69, 9.17) is 5.73 Å². The van der Waals surface area contributed by atoms with Crippen LogP contribution in [-0.2, 0) is 16.3 Å². The SMILES string of the molecule is NC(Cc1ccc(F)c(Br)c1)CC1CCS(=O)(=O)C1. The molecule has 0 saturated carbocycles. The average molecular weight is 350 g/mol. The van der Waals surface area contributed by atoms with Gasteiger partial charge in [0.15, 0.2) is 9.84 Å². The molecule has 0 radical (unpaired) electrons. The van der Waals surface area contributed by atoms with Crippen molar-refractivity contribution in [2.24, 2.45) is 11.7 Å². The summed E-state index contributed by atoms with van der Waals surface area (Å²) < 4.78 is 36.3. The smallest absolute Gasteiger partial charge is 0.150 e. The van der Waals surface area contributed by atoms with Crippen LogP contribution in [0.25, 0.3) is 0 Å². The standard InChI is InChI=1S/C13H17BrFNO2S/c14-12-7-9(1-2-13(12)15)5-11(16)6-10-3-4-19(17,18)8-10/h1-2,7,10-11H,3-6,8,16H2. The molecule has 3 nitrogen and oxygen atoms in total. The van der Waals surface area contributed by atoms with E-state index < -0.39 is 9.84 Å². The Kier molecular flexibility index (Phi) is 4.63. The maximum atomic E-state index is 13.1. The number of benzene rings is 1. The van der Waals surface area contributed by atoms with Gasteiger partial charge in [-0.3, -0.25) is 0 Å². The Morgan fingerprint density at radius 2 is 2.21 bits per heavy atom. The molecule has 0 aliphatic carbocycles. The third-order valence-electron chi connectivity index (χ3n) is 3.44. The summed E-state index contributed by atoms with van der Waals surface area (Å²) in [4.78, 5) is 0. The lowest BCUT2D eigenvalue weighted by molar-refractivity contribution is 0.468. The molecule has 0 bridgehead atoms. The quantitative estimate of drug-likeness (QED) is 0.906. The van der Waals surface area contributed by atoms with Crippen LogP contribution in [0.4, 0.5) is 4.39 Å². The molecule has 1 aliphatic heterocycles. The Morgan fingerprint density at radius 1 is 1.47 bits per heavy atom. The zero-order valence-electron chi connectivity index (χ0n) is 10.5. The van der Waals surface area contributed by atoms with E-state index >= 15 is 0 Å². The van der Waals surface area contributed by atoms with Crippen molar-refractivity contribution >= 4 is 25.8 Å². The van der Waals surface area contributed by atoms with E-state index in [9.17, 15) is 12.8 Å². The van der Waals surface area contributed by atoms with Crippen molar-refractivity contribution in [3.8, 4) is 0 Å². The second-order valence-corrected chi connectivity index (χ2v) is 8.30. The van der Waals surface area contributed by atoms with Gasteiger partial charge < -0.3 is 5.73 Å². The minimum atomic E-state index is -2.84. The molecule has 6 heteroatoms. The number of sulfone groups is 1. The second-order valence-electron chi connectivity index (χ2n) is 5.22. The van der Waals surface area contributed by atoms with E-state index in [-0.39, 0.29) is 29.3 Å². The van der Waals surface area contributed by atoms with Gasteiger partial charge in [0.25, 0.3) is 0 Å². The normalized spacial score (nSPS) is 23.4. The minimum absolute atomic E-state index is 0.0874. The fraction of sp³-hybridized carbons (Fsp3) is 0.538. The number of hydrogen-bond donors (Lipinski definition) is 1. The first-order valence-corrected chi connectivity index (χ1v) is 8.87. The van der Waals surface area contributed by atoms with Crippen molar-refractivity contribution in [2.45, 2.75) is 25.3 Å². The summed E-state index contributed by atoms with van der Waals surface area (Å²) in [6, 6.07) is 4.76. The van der Waals surface area contributed by atoms with Gasteiger partial charge in [-0.1, -0.05) is 6.07 Å². The summed E-state index contributed by atoms with van der Waals surface area (Å²) in [5.74, 6) is 0.420. The highest BCUT2D eigenvalue weighted by atomic mass is 79.9. The van der Waals surface area contributed by atoms with Gasteiger partial charge in [-0.05, 0) is 58.8 Å². The molecule has 1 aliphatic rings. The summed E-state index contributed by atoms with van der Waals surface area (Å²) in [6.07, 6.45) is 2.05. The lowest BCUT2D eigenvalue weighted by Gasteiger charge is -2.15. The van der Waals surface area contributed by atoms with Crippen LogP contribution < -0.4 is 5.73 Å². The third-order valence-corrected chi connectivity index (χ3v) is 5.89. The summed E-state index contributed by atoms with van der Waals surface area (Å²) in [5.41, 5.74) is 7.02. The monoisotopic (exact) mass is 349 g/mol. The zero-order valence-corrected chi connectivity index (χ0v) is 12.9. The predicted octanol–water partition coefficient (Wildman–Crippen LogP) is 2.28. The van der Waals surface area contributed by atoms with Crippen molar-refractivity contribution in [2.75, 3.05) is 11.5 Å². The van der Waals surface area contributed by atoms with Crippen LogP contribution in [0.3, 0.4) is 0 Å². The Bertz CT molecular complexity index is 562. The highest BCUT2D eigenvalue weighted by Crippen LogP contribution is 2.24. The molecule has 106 valence electrons. The van der Waals surface area contributed by atoms with Crippen molar-refractivity contribution < 1.29 is 12.8 Å². The zero-order chi connectivity index (χ0) is 14.0. The maximum absolute atomic E-state index is 13.1. The van der Waals surface area contributed by atoms with Crippen molar-refractivity contribution in [3.05, 3.63) is 34.1 Å². The number of halogens is 2. The first kappa shape index (κ1) is 14.9. The highest BCUT2D eigenvalue weighted by Gasteiger charge is 2.28. The molecule has 1 aromatic rings. The predicted molar refractivity (Wildman–Crippen MR) is 77.2 cm³/mol. The van der Waals surface area contributed by atoms with Crippen LogP contribution in [0.5, 0.6) is 0 Å². The van der Waals surface area contributed by atoms with Crippen LogP contribution in [0.2, 0.25) is 0 Å². The van der Waals surface area contributed by atoms with Crippen LogP contribution in [0, 0.1) is 11.7 Å². The second kappa shape index (κ2) is 5.89. The number of nitrogens with two attached hydrogens (primary N) is 1. The van der Waals surface area contributed by atoms with Crippen LogP contribution >= 0.6 is 15.9 Å². The van der Waals surface area contributed by atoms with Gasteiger partial charge >= 0.3 is 0 Å². The fourth-order valence-corrected chi connectivity index (χ4v) is 4.85. The van der Waals surface area contributed by atoms with E-state index in [0.717, 1.165) is 5.56 Å². The molecule has 19 heavy (non-hydrogen) atoms. The summed E-state index contributed by atoms with van der Waals surface area (Å²) in [6.45, 7) is 0. The van der Waals surface area contributed by atoms with Crippen LogP contribution in [-0.4, -0.2) is 26.0 Å². The molecule has 2 atom stereocenters. The van der Waals surface area contributed by atoms with Gasteiger partial charge in [-0.2, -0.15) is 0 Å². The Balaban J connectivity index is 1.91. The molecule has 0 aromatic heterocycles. The molecule has 1 heterocycles. The topological polar surface area (TPSA) is 60.2 Å². The molecule has 1 aromatic carbocycles. The third kappa shape index (κ3) is 4.26. The van der Waals surface area contributed by atoms with Gasteiger partial charge in [0.05, 0.1) is 16.0 Å². The van der Waals surface area contributed by atoms with E-state index in [2.05, 4.69) is 15.9 Å². The Labute approximate surface area is 121 Å². The molecule has 2 rings (SSSR count). The van der Waals surface area contributed by atoms with Crippen molar-refractivity contribution in [3.63, 3.8) is 0 Å². The lowest BCUT2D eigenvalue weighted by Crippen LogP contribution is -2.26. The number of hydrogen-bond acceptors (Lipinski definition) is 3. The van der Waals surface area contributed by atoms with E-state index in [1.54, 1.807) is 12.1 Å². The van der Waals surface area contributed by atoms with E-state index in [0.29, 0.717) is 23.7 Å². The van der Waals surface area contributed by atoms with Crippen molar-refractivity contribution in [1.29, 1.82) is 0 Å². The molecular weight excluding hydrogens is 333 g/mol. The van der Waals surface area contributed by atoms with Crippen LogP contribution in [0.1, 0.15) is 18.4 Å². The van der Waals surface area contributed by atoms with Gasteiger partial charge in [0, 0.05) is 6.04 Å². The Hall–Kier alpha value is -0.460. The maximum Gasteiger partial charge on any atom is 0.150 e.